The Labute approximate surface area is 127 Å². The number of aliphatic hydroxyl groups excluding tert-OH is 1. The first-order valence-corrected chi connectivity index (χ1v) is 8.21. The minimum atomic E-state index is -0.458. The van der Waals surface area contributed by atoms with Gasteiger partial charge >= 0.3 is 0 Å². The fraction of sp³-hybridized carbons (Fsp3) is 0.647. The zero-order chi connectivity index (χ0) is 14.4. The molecule has 2 nitrogen and oxygen atoms in total. The molecule has 20 heavy (non-hydrogen) atoms. The number of rotatable bonds is 5. The van der Waals surface area contributed by atoms with Gasteiger partial charge in [0, 0.05) is 17.6 Å². The Morgan fingerprint density at radius 1 is 1.15 bits per heavy atom. The molecule has 112 valence electrons. The van der Waals surface area contributed by atoms with Crippen molar-refractivity contribution in [1.82, 2.24) is 5.32 Å². The van der Waals surface area contributed by atoms with Gasteiger partial charge in [-0.25, -0.2) is 0 Å². The summed E-state index contributed by atoms with van der Waals surface area (Å²) < 4.78 is 0. The maximum Gasteiger partial charge on any atom is 0.0914 e. The third-order valence-electron chi connectivity index (χ3n) is 4.49. The second-order valence-electron chi connectivity index (χ2n) is 6.02. The lowest BCUT2D eigenvalue weighted by Gasteiger charge is -2.25. The van der Waals surface area contributed by atoms with Gasteiger partial charge in [-0.2, -0.15) is 0 Å². The topological polar surface area (TPSA) is 32.3 Å². The first-order chi connectivity index (χ1) is 9.66. The van der Waals surface area contributed by atoms with Gasteiger partial charge in [-0.1, -0.05) is 49.4 Å². The molecule has 3 heteroatoms. The lowest BCUT2D eigenvalue weighted by atomic mass is 9.93. The predicted molar refractivity (Wildman–Crippen MR) is 85.1 cm³/mol. The normalized spacial score (nSPS) is 20.4. The zero-order valence-corrected chi connectivity index (χ0v) is 13.1. The van der Waals surface area contributed by atoms with Crippen LogP contribution >= 0.6 is 11.6 Å². The number of aliphatic hydroxyl groups is 1. The summed E-state index contributed by atoms with van der Waals surface area (Å²) in [6.45, 7) is 2.86. The molecule has 1 aromatic carbocycles. The minimum Gasteiger partial charge on any atom is -0.387 e. The van der Waals surface area contributed by atoms with E-state index in [0.717, 1.165) is 11.5 Å². The van der Waals surface area contributed by atoms with E-state index in [4.69, 9.17) is 11.6 Å². The Bertz CT molecular complexity index is 384. The molecule has 1 aliphatic carbocycles. The van der Waals surface area contributed by atoms with E-state index in [1.54, 1.807) is 0 Å². The first kappa shape index (κ1) is 15.8. The number of benzene rings is 1. The molecule has 2 atom stereocenters. The SMILES string of the molecule is C[C@H](NCC(O)c1ccc(Cl)cc1)C1CCCCCC1. The lowest BCUT2D eigenvalue weighted by molar-refractivity contribution is 0.164. The molecule has 1 fully saturated rings. The highest BCUT2D eigenvalue weighted by molar-refractivity contribution is 6.30. The number of nitrogens with one attached hydrogen (secondary N) is 1. The van der Waals surface area contributed by atoms with Crippen LogP contribution in [0.5, 0.6) is 0 Å². The van der Waals surface area contributed by atoms with Crippen molar-refractivity contribution in [3.8, 4) is 0 Å². The smallest absolute Gasteiger partial charge is 0.0914 e. The van der Waals surface area contributed by atoms with Gasteiger partial charge in [0.1, 0.15) is 0 Å². The van der Waals surface area contributed by atoms with Crippen molar-refractivity contribution < 1.29 is 5.11 Å². The Hall–Kier alpha value is -0.570. The zero-order valence-electron chi connectivity index (χ0n) is 12.3. The number of hydrogen-bond donors (Lipinski definition) is 2. The van der Waals surface area contributed by atoms with Gasteiger partial charge in [0.25, 0.3) is 0 Å². The lowest BCUT2D eigenvalue weighted by Crippen LogP contribution is -2.36. The standard InChI is InChI=1S/C17H26ClNO/c1-13(14-6-4-2-3-5-7-14)19-12-17(20)15-8-10-16(18)11-9-15/h8-11,13-14,17,19-20H,2-7,12H2,1H3/t13-,17?/m0/s1. The van der Waals surface area contributed by atoms with E-state index in [-0.39, 0.29) is 0 Å². The molecule has 0 aromatic heterocycles. The third-order valence-corrected chi connectivity index (χ3v) is 4.75. The highest BCUT2D eigenvalue weighted by Gasteiger charge is 2.19. The summed E-state index contributed by atoms with van der Waals surface area (Å²) in [7, 11) is 0. The Balaban J connectivity index is 1.79. The molecule has 1 aliphatic rings. The van der Waals surface area contributed by atoms with Gasteiger partial charge in [-0.15, -0.1) is 0 Å². The highest BCUT2D eigenvalue weighted by Crippen LogP contribution is 2.25. The summed E-state index contributed by atoms with van der Waals surface area (Å²) in [4.78, 5) is 0. The van der Waals surface area contributed by atoms with Crippen LogP contribution < -0.4 is 5.32 Å². The summed E-state index contributed by atoms with van der Waals surface area (Å²) in [5.41, 5.74) is 0.926. The second-order valence-corrected chi connectivity index (χ2v) is 6.45. The van der Waals surface area contributed by atoms with Crippen LogP contribution in [0.15, 0.2) is 24.3 Å². The molecule has 1 saturated carbocycles. The van der Waals surface area contributed by atoms with Crippen molar-refractivity contribution in [2.75, 3.05) is 6.54 Å². The Morgan fingerprint density at radius 2 is 1.75 bits per heavy atom. The molecule has 0 radical (unpaired) electrons. The Kier molecular flexibility index (Phi) is 6.34. The molecule has 0 aliphatic heterocycles. The quantitative estimate of drug-likeness (QED) is 0.793. The van der Waals surface area contributed by atoms with E-state index in [2.05, 4.69) is 12.2 Å². The van der Waals surface area contributed by atoms with Crippen molar-refractivity contribution in [2.45, 2.75) is 57.6 Å². The van der Waals surface area contributed by atoms with E-state index in [1.165, 1.54) is 38.5 Å². The van der Waals surface area contributed by atoms with Gasteiger partial charge in [0.15, 0.2) is 0 Å². The van der Waals surface area contributed by atoms with Crippen molar-refractivity contribution in [1.29, 1.82) is 0 Å². The summed E-state index contributed by atoms with van der Waals surface area (Å²) in [5, 5.41) is 14.4. The molecule has 0 amide bonds. The van der Waals surface area contributed by atoms with Gasteiger partial charge in [-0.05, 0) is 43.4 Å². The summed E-state index contributed by atoms with van der Waals surface area (Å²) in [6, 6.07) is 7.93. The molecule has 0 spiro atoms. The molecular formula is C17H26ClNO. The van der Waals surface area contributed by atoms with E-state index in [1.807, 2.05) is 24.3 Å². The van der Waals surface area contributed by atoms with E-state index in [9.17, 15) is 5.11 Å². The van der Waals surface area contributed by atoms with E-state index >= 15 is 0 Å². The fourth-order valence-electron chi connectivity index (χ4n) is 3.08. The van der Waals surface area contributed by atoms with Gasteiger partial charge in [-0.3, -0.25) is 0 Å². The summed E-state index contributed by atoms with van der Waals surface area (Å²) in [5.74, 6) is 0.759. The largest absolute Gasteiger partial charge is 0.387 e. The first-order valence-electron chi connectivity index (χ1n) is 7.83. The van der Waals surface area contributed by atoms with Crippen molar-refractivity contribution in [3.05, 3.63) is 34.9 Å². The second kappa shape index (κ2) is 8.02. The van der Waals surface area contributed by atoms with Gasteiger partial charge < -0.3 is 10.4 Å². The average Bonchev–Trinajstić information content (AvgIpc) is 2.74. The number of hydrogen-bond acceptors (Lipinski definition) is 2. The van der Waals surface area contributed by atoms with Gasteiger partial charge in [0.05, 0.1) is 6.10 Å². The minimum absolute atomic E-state index is 0.458. The molecule has 1 aromatic rings. The number of halogens is 1. The predicted octanol–water partition coefficient (Wildman–Crippen LogP) is 4.32. The van der Waals surface area contributed by atoms with Crippen LogP contribution in [0.1, 0.15) is 57.1 Å². The molecule has 0 heterocycles. The molecule has 2 rings (SSSR count). The maximum absolute atomic E-state index is 10.2. The molecule has 0 bridgehead atoms. The van der Waals surface area contributed by atoms with Crippen LogP contribution in [0, 0.1) is 5.92 Å². The average molecular weight is 296 g/mol. The van der Waals surface area contributed by atoms with E-state index < -0.39 is 6.10 Å². The monoisotopic (exact) mass is 295 g/mol. The summed E-state index contributed by atoms with van der Waals surface area (Å²) >= 11 is 5.86. The van der Waals surface area contributed by atoms with Crippen LogP contribution in [0.3, 0.4) is 0 Å². The molecule has 2 N–H and O–H groups in total. The van der Waals surface area contributed by atoms with Crippen molar-refractivity contribution in [2.24, 2.45) is 5.92 Å². The van der Waals surface area contributed by atoms with Crippen LogP contribution in [-0.4, -0.2) is 17.7 Å². The van der Waals surface area contributed by atoms with Crippen LogP contribution in [-0.2, 0) is 0 Å². The van der Waals surface area contributed by atoms with Gasteiger partial charge in [0.2, 0.25) is 0 Å². The third kappa shape index (κ3) is 4.76. The summed E-state index contributed by atoms with van der Waals surface area (Å²) in [6.07, 6.45) is 7.68. The maximum atomic E-state index is 10.2. The molecule has 1 unspecified atom stereocenters. The van der Waals surface area contributed by atoms with Crippen molar-refractivity contribution >= 4 is 11.6 Å². The van der Waals surface area contributed by atoms with Crippen LogP contribution in [0.2, 0.25) is 5.02 Å². The fourth-order valence-corrected chi connectivity index (χ4v) is 3.20. The highest BCUT2D eigenvalue weighted by atomic mass is 35.5. The Morgan fingerprint density at radius 3 is 2.35 bits per heavy atom. The molecular weight excluding hydrogens is 270 g/mol. The van der Waals surface area contributed by atoms with E-state index in [0.29, 0.717) is 17.6 Å². The molecule has 0 saturated heterocycles. The van der Waals surface area contributed by atoms with Crippen molar-refractivity contribution in [3.63, 3.8) is 0 Å². The van der Waals surface area contributed by atoms with Crippen LogP contribution in [0.25, 0.3) is 0 Å². The van der Waals surface area contributed by atoms with Crippen LogP contribution in [0.4, 0.5) is 0 Å².